The van der Waals surface area contributed by atoms with E-state index in [-0.39, 0.29) is 25.7 Å². The molecule has 4 heteroatoms. The van der Waals surface area contributed by atoms with Gasteiger partial charge in [0.2, 0.25) is 5.91 Å². The molecule has 0 atom stereocenters. The zero-order valence-corrected chi connectivity index (χ0v) is 8.69. The second kappa shape index (κ2) is 6.16. The molecule has 0 spiro atoms. The third kappa shape index (κ3) is 4.58. The number of nitrogens with one attached hydrogen (secondary N) is 1. The Morgan fingerprint density at radius 3 is 2.67 bits per heavy atom. The maximum absolute atomic E-state index is 11.3. The molecule has 15 heavy (non-hydrogen) atoms. The lowest BCUT2D eigenvalue weighted by atomic mass is 10.2. The first kappa shape index (κ1) is 11.7. The Kier molecular flexibility index (Phi) is 4.80. The van der Waals surface area contributed by atoms with Crippen LogP contribution in [0.15, 0.2) is 24.3 Å². The van der Waals surface area contributed by atoms with Crippen LogP contribution in [0.1, 0.15) is 5.56 Å². The number of carbonyl (C=O) groups excluding carboxylic acids is 1. The molecule has 0 unspecified atom stereocenters. The van der Waals surface area contributed by atoms with Crippen LogP contribution in [0.2, 0.25) is 0 Å². The van der Waals surface area contributed by atoms with Gasteiger partial charge in [-0.1, -0.05) is 17.7 Å². The molecule has 0 aliphatic heterocycles. The lowest BCUT2D eigenvalue weighted by Crippen LogP contribution is -2.19. The van der Waals surface area contributed by atoms with Crippen LogP contribution in [0.3, 0.4) is 0 Å². The average molecular weight is 209 g/mol. The fraction of sp³-hybridized carbons (Fsp3) is 0.364. The van der Waals surface area contributed by atoms with E-state index in [1.165, 1.54) is 0 Å². The van der Waals surface area contributed by atoms with Gasteiger partial charge in [0.1, 0.15) is 6.61 Å². The van der Waals surface area contributed by atoms with E-state index >= 15 is 0 Å². The van der Waals surface area contributed by atoms with Gasteiger partial charge in [0.25, 0.3) is 0 Å². The summed E-state index contributed by atoms with van der Waals surface area (Å²) in [5, 5.41) is 11.1. The minimum absolute atomic E-state index is 0.0333. The highest BCUT2D eigenvalue weighted by Crippen LogP contribution is 2.07. The maximum atomic E-state index is 11.3. The molecule has 1 aromatic carbocycles. The van der Waals surface area contributed by atoms with Crippen molar-refractivity contribution < 1.29 is 14.6 Å². The summed E-state index contributed by atoms with van der Waals surface area (Å²) in [4.78, 5) is 11.3. The fourth-order valence-electron chi connectivity index (χ4n) is 1.06. The van der Waals surface area contributed by atoms with E-state index in [0.29, 0.717) is 0 Å². The molecule has 1 amide bonds. The van der Waals surface area contributed by atoms with Crippen LogP contribution >= 0.6 is 0 Å². The first-order valence-corrected chi connectivity index (χ1v) is 4.77. The largest absolute Gasteiger partial charge is 0.394 e. The second-order valence-corrected chi connectivity index (χ2v) is 3.19. The maximum Gasteiger partial charge on any atom is 0.250 e. The van der Waals surface area contributed by atoms with Crippen molar-refractivity contribution in [3.05, 3.63) is 29.8 Å². The number of aliphatic hydroxyl groups is 1. The standard InChI is InChI=1S/C11H15NO3/c1-9-2-4-10(5-3-9)12-11(14)8-15-7-6-13/h2-5,13H,6-8H2,1H3,(H,12,14). The van der Waals surface area contributed by atoms with Gasteiger partial charge in [-0.15, -0.1) is 0 Å². The summed E-state index contributed by atoms with van der Waals surface area (Å²) in [6.07, 6.45) is 0. The number of anilines is 1. The second-order valence-electron chi connectivity index (χ2n) is 3.19. The zero-order valence-electron chi connectivity index (χ0n) is 8.69. The van der Waals surface area contributed by atoms with Crippen molar-refractivity contribution in [2.75, 3.05) is 25.1 Å². The molecule has 2 N–H and O–H groups in total. The molecule has 0 saturated carbocycles. The molecule has 1 rings (SSSR count). The predicted octanol–water partition coefficient (Wildman–Crippen LogP) is 0.942. The Balaban J connectivity index is 2.34. The summed E-state index contributed by atoms with van der Waals surface area (Å²) in [5.74, 6) is -0.215. The van der Waals surface area contributed by atoms with Crippen LogP contribution in [0.4, 0.5) is 5.69 Å². The van der Waals surface area contributed by atoms with Gasteiger partial charge in [0, 0.05) is 5.69 Å². The summed E-state index contributed by atoms with van der Waals surface area (Å²) in [7, 11) is 0. The van der Waals surface area contributed by atoms with E-state index in [9.17, 15) is 4.79 Å². The van der Waals surface area contributed by atoms with Crippen molar-refractivity contribution in [3.8, 4) is 0 Å². The number of rotatable bonds is 5. The molecule has 1 aromatic rings. The highest BCUT2D eigenvalue weighted by Gasteiger charge is 2.01. The van der Waals surface area contributed by atoms with Gasteiger partial charge in [0.15, 0.2) is 0 Å². The minimum Gasteiger partial charge on any atom is -0.394 e. The molecular weight excluding hydrogens is 194 g/mol. The van der Waals surface area contributed by atoms with Gasteiger partial charge in [-0.2, -0.15) is 0 Å². The predicted molar refractivity (Wildman–Crippen MR) is 57.7 cm³/mol. The summed E-state index contributed by atoms with van der Waals surface area (Å²) in [6.45, 7) is 2.06. The van der Waals surface area contributed by atoms with Gasteiger partial charge >= 0.3 is 0 Å². The van der Waals surface area contributed by atoms with Crippen LogP contribution in [0.5, 0.6) is 0 Å². The van der Waals surface area contributed by atoms with Crippen LogP contribution in [0, 0.1) is 6.92 Å². The van der Waals surface area contributed by atoms with E-state index < -0.39 is 0 Å². The molecule has 0 aliphatic carbocycles. The minimum atomic E-state index is -0.215. The van der Waals surface area contributed by atoms with Crippen molar-refractivity contribution in [1.29, 1.82) is 0 Å². The molecular formula is C11H15NO3. The molecule has 0 radical (unpaired) electrons. The Bertz CT molecular complexity index is 308. The Labute approximate surface area is 88.9 Å². The summed E-state index contributed by atoms with van der Waals surface area (Å²) in [5.41, 5.74) is 1.89. The molecule has 0 aliphatic rings. The molecule has 82 valence electrons. The van der Waals surface area contributed by atoms with Crippen molar-refractivity contribution in [2.24, 2.45) is 0 Å². The van der Waals surface area contributed by atoms with Gasteiger partial charge in [-0.3, -0.25) is 4.79 Å². The summed E-state index contributed by atoms with van der Waals surface area (Å²) in [6, 6.07) is 7.51. The normalized spacial score (nSPS) is 10.0. The quantitative estimate of drug-likeness (QED) is 0.710. The number of hydrogen-bond donors (Lipinski definition) is 2. The molecule has 0 fully saturated rings. The van der Waals surface area contributed by atoms with Gasteiger partial charge in [-0.05, 0) is 19.1 Å². The van der Waals surface area contributed by atoms with Crippen LogP contribution < -0.4 is 5.32 Å². The lowest BCUT2D eigenvalue weighted by Gasteiger charge is -2.05. The topological polar surface area (TPSA) is 58.6 Å². The molecule has 4 nitrogen and oxygen atoms in total. The zero-order chi connectivity index (χ0) is 11.1. The molecule has 0 heterocycles. The van der Waals surface area contributed by atoms with Crippen molar-refractivity contribution >= 4 is 11.6 Å². The van der Waals surface area contributed by atoms with Crippen LogP contribution in [-0.2, 0) is 9.53 Å². The van der Waals surface area contributed by atoms with E-state index in [0.717, 1.165) is 11.3 Å². The number of hydrogen-bond acceptors (Lipinski definition) is 3. The smallest absolute Gasteiger partial charge is 0.250 e. The number of amides is 1. The Hall–Kier alpha value is -1.39. The van der Waals surface area contributed by atoms with Crippen molar-refractivity contribution in [2.45, 2.75) is 6.92 Å². The average Bonchev–Trinajstić information content (AvgIpc) is 2.22. The fourth-order valence-corrected chi connectivity index (χ4v) is 1.06. The third-order valence-electron chi connectivity index (χ3n) is 1.80. The molecule has 0 saturated heterocycles. The van der Waals surface area contributed by atoms with Crippen molar-refractivity contribution in [1.82, 2.24) is 0 Å². The first-order chi connectivity index (χ1) is 7.22. The van der Waals surface area contributed by atoms with Crippen LogP contribution in [-0.4, -0.2) is 30.8 Å². The highest BCUT2D eigenvalue weighted by molar-refractivity contribution is 5.91. The number of benzene rings is 1. The highest BCUT2D eigenvalue weighted by atomic mass is 16.5. The van der Waals surface area contributed by atoms with E-state index in [1.807, 2.05) is 31.2 Å². The van der Waals surface area contributed by atoms with E-state index in [4.69, 9.17) is 9.84 Å². The summed E-state index contributed by atoms with van der Waals surface area (Å²) >= 11 is 0. The van der Waals surface area contributed by atoms with E-state index in [1.54, 1.807) is 0 Å². The lowest BCUT2D eigenvalue weighted by molar-refractivity contribution is -0.120. The Morgan fingerprint density at radius 1 is 1.40 bits per heavy atom. The molecule has 0 aromatic heterocycles. The first-order valence-electron chi connectivity index (χ1n) is 4.77. The number of aryl methyl sites for hydroxylation is 1. The number of aliphatic hydroxyl groups excluding tert-OH is 1. The van der Waals surface area contributed by atoms with Gasteiger partial charge in [0.05, 0.1) is 13.2 Å². The van der Waals surface area contributed by atoms with Gasteiger partial charge in [-0.25, -0.2) is 0 Å². The molecule has 0 bridgehead atoms. The number of carbonyl (C=O) groups is 1. The third-order valence-corrected chi connectivity index (χ3v) is 1.80. The SMILES string of the molecule is Cc1ccc(NC(=O)COCCO)cc1. The monoisotopic (exact) mass is 209 g/mol. The van der Waals surface area contributed by atoms with Crippen LogP contribution in [0.25, 0.3) is 0 Å². The van der Waals surface area contributed by atoms with Gasteiger partial charge < -0.3 is 15.2 Å². The summed E-state index contributed by atoms with van der Waals surface area (Å²) < 4.78 is 4.88. The Morgan fingerprint density at radius 2 is 2.07 bits per heavy atom. The van der Waals surface area contributed by atoms with Crippen molar-refractivity contribution in [3.63, 3.8) is 0 Å². The van der Waals surface area contributed by atoms with E-state index in [2.05, 4.69) is 5.32 Å². The number of ether oxygens (including phenoxy) is 1.